The molecule has 8 nitrogen and oxygen atoms in total. The quantitative estimate of drug-likeness (QED) is 0.428. The second-order valence-corrected chi connectivity index (χ2v) is 13.3. The Hall–Kier alpha value is -4.24. The zero-order valence-electron chi connectivity index (χ0n) is 24.5. The smallest absolute Gasteiger partial charge is 0.249 e. The second-order valence-electron chi connectivity index (χ2n) is 11.9. The molecular formula is C33H31F3N4O4S. The lowest BCUT2D eigenvalue weighted by Gasteiger charge is -2.33. The van der Waals surface area contributed by atoms with Gasteiger partial charge in [-0.25, -0.2) is 13.2 Å². The summed E-state index contributed by atoms with van der Waals surface area (Å²) in [5.74, 6) is -3.53. The molecule has 3 amide bonds. The highest BCUT2D eigenvalue weighted by molar-refractivity contribution is 8.00. The predicted octanol–water partition coefficient (Wildman–Crippen LogP) is 4.98. The van der Waals surface area contributed by atoms with E-state index in [4.69, 9.17) is 10.00 Å². The van der Waals surface area contributed by atoms with Gasteiger partial charge in [-0.15, -0.1) is 11.8 Å². The number of carbonyl (C=O) groups is 3. The molecule has 4 aliphatic rings. The molecule has 2 aromatic carbocycles. The van der Waals surface area contributed by atoms with Gasteiger partial charge in [0.05, 0.1) is 28.7 Å². The minimum atomic E-state index is -1.00. The molecule has 2 unspecified atom stereocenters. The number of thioether (sulfide) groups is 1. The molecule has 0 saturated carbocycles. The van der Waals surface area contributed by atoms with E-state index in [-0.39, 0.29) is 59.1 Å². The number of rotatable bonds is 7. The minimum Gasteiger partial charge on any atom is -0.493 e. The average molecular weight is 637 g/mol. The van der Waals surface area contributed by atoms with Crippen LogP contribution in [0.3, 0.4) is 0 Å². The van der Waals surface area contributed by atoms with Crippen molar-refractivity contribution < 1.29 is 32.3 Å². The Kier molecular flexibility index (Phi) is 8.39. The van der Waals surface area contributed by atoms with E-state index < -0.39 is 40.7 Å². The molecule has 2 aromatic rings. The first-order valence-electron chi connectivity index (χ1n) is 14.8. The van der Waals surface area contributed by atoms with Crippen LogP contribution >= 0.6 is 11.8 Å². The number of allylic oxidation sites excluding steroid dienone is 2. The van der Waals surface area contributed by atoms with Crippen LogP contribution in [0, 0.1) is 40.1 Å². The van der Waals surface area contributed by atoms with Crippen molar-refractivity contribution >= 4 is 35.2 Å². The lowest BCUT2D eigenvalue weighted by molar-refractivity contribution is -0.145. The van der Waals surface area contributed by atoms with Gasteiger partial charge in [0.15, 0.2) is 11.6 Å². The summed E-state index contributed by atoms with van der Waals surface area (Å²) in [7, 11) is 0. The highest BCUT2D eigenvalue weighted by Crippen LogP contribution is 2.46. The molecule has 1 aliphatic carbocycles. The topological polar surface area (TPSA) is 103 Å². The maximum atomic E-state index is 15.2. The van der Waals surface area contributed by atoms with Gasteiger partial charge in [0, 0.05) is 41.8 Å². The fourth-order valence-corrected chi connectivity index (χ4v) is 7.66. The van der Waals surface area contributed by atoms with Crippen molar-refractivity contribution in [2.75, 3.05) is 24.5 Å². The number of ether oxygens (including phenoxy) is 1. The Morgan fingerprint density at radius 3 is 2.58 bits per heavy atom. The molecule has 45 heavy (non-hydrogen) atoms. The highest BCUT2D eigenvalue weighted by atomic mass is 32.2. The van der Waals surface area contributed by atoms with Crippen LogP contribution in [0.15, 0.2) is 59.2 Å². The van der Waals surface area contributed by atoms with Gasteiger partial charge in [0.2, 0.25) is 17.7 Å². The summed E-state index contributed by atoms with van der Waals surface area (Å²) in [6.07, 6.45) is 6.83. The van der Waals surface area contributed by atoms with Gasteiger partial charge in [-0.05, 0) is 56.5 Å². The molecule has 0 aromatic heterocycles. The molecule has 6 rings (SSSR count). The predicted molar refractivity (Wildman–Crippen MR) is 160 cm³/mol. The van der Waals surface area contributed by atoms with Crippen molar-refractivity contribution in [1.82, 2.24) is 10.2 Å². The van der Waals surface area contributed by atoms with E-state index in [1.165, 1.54) is 34.9 Å². The van der Waals surface area contributed by atoms with Gasteiger partial charge < -0.3 is 14.5 Å². The third-order valence-corrected chi connectivity index (χ3v) is 10.5. The molecule has 3 atom stereocenters. The number of nitrogens with zero attached hydrogens (tertiary/aromatic N) is 3. The van der Waals surface area contributed by atoms with Crippen LogP contribution in [0.5, 0.6) is 0 Å². The van der Waals surface area contributed by atoms with Crippen LogP contribution in [-0.4, -0.2) is 53.5 Å². The van der Waals surface area contributed by atoms with Crippen LogP contribution in [0.25, 0.3) is 0 Å². The van der Waals surface area contributed by atoms with Crippen LogP contribution in [0.4, 0.5) is 18.9 Å². The molecule has 234 valence electrons. The van der Waals surface area contributed by atoms with Crippen molar-refractivity contribution in [3.63, 3.8) is 0 Å². The number of imide groups is 1. The molecule has 0 radical (unpaired) electrons. The monoisotopic (exact) mass is 636 g/mol. The van der Waals surface area contributed by atoms with Crippen LogP contribution in [-0.2, 0) is 25.7 Å². The van der Waals surface area contributed by atoms with Crippen molar-refractivity contribution in [2.45, 2.75) is 55.4 Å². The molecule has 12 heteroatoms. The summed E-state index contributed by atoms with van der Waals surface area (Å²) in [6, 6.07) is 8.58. The van der Waals surface area contributed by atoms with Crippen molar-refractivity contribution in [3.05, 3.63) is 82.9 Å². The Balaban J connectivity index is 1.07. The van der Waals surface area contributed by atoms with E-state index >= 15 is 8.78 Å². The fourth-order valence-electron chi connectivity index (χ4n) is 6.52. The summed E-state index contributed by atoms with van der Waals surface area (Å²) >= 11 is 1.26. The summed E-state index contributed by atoms with van der Waals surface area (Å²) in [4.78, 5) is 41.1. The zero-order valence-corrected chi connectivity index (χ0v) is 25.3. The Morgan fingerprint density at radius 2 is 1.87 bits per heavy atom. The third kappa shape index (κ3) is 5.81. The van der Waals surface area contributed by atoms with Crippen molar-refractivity contribution in [2.24, 2.45) is 11.3 Å². The van der Waals surface area contributed by atoms with Gasteiger partial charge in [-0.2, -0.15) is 5.26 Å². The van der Waals surface area contributed by atoms with Gasteiger partial charge >= 0.3 is 0 Å². The second kappa shape index (κ2) is 12.3. The maximum absolute atomic E-state index is 15.2. The Bertz CT molecular complexity index is 1670. The molecule has 3 aliphatic heterocycles. The molecular weight excluding hydrogens is 605 g/mol. The molecule has 0 spiro atoms. The summed E-state index contributed by atoms with van der Waals surface area (Å²) < 4.78 is 50.9. The van der Waals surface area contributed by atoms with Gasteiger partial charge in [-0.1, -0.05) is 18.2 Å². The van der Waals surface area contributed by atoms with E-state index in [0.717, 1.165) is 0 Å². The van der Waals surface area contributed by atoms with E-state index in [1.807, 2.05) is 11.0 Å². The SMILES string of the molecule is CC12C=CC=C(OCc3ccc(SC4CCN(c5ccc(C#N)cc5F)CC4)c(F)c3F)C1CN([C@@H]1CCC(=O)NC1=O)C2=O. The highest BCUT2D eigenvalue weighted by Gasteiger charge is 2.55. The number of carbonyl (C=O) groups excluding carboxylic acids is 3. The number of amides is 3. The summed E-state index contributed by atoms with van der Waals surface area (Å²) in [5.41, 5.74) is -0.263. The first kappa shape index (κ1) is 30.8. The lowest BCUT2D eigenvalue weighted by Crippen LogP contribution is -2.53. The summed E-state index contributed by atoms with van der Waals surface area (Å²) in [6.45, 7) is 2.80. The number of halogens is 3. The third-order valence-electron chi connectivity index (χ3n) is 9.13. The van der Waals surface area contributed by atoms with E-state index in [9.17, 15) is 18.8 Å². The van der Waals surface area contributed by atoms with E-state index in [2.05, 4.69) is 5.32 Å². The minimum absolute atomic E-state index is 0.0165. The zero-order chi connectivity index (χ0) is 31.9. The van der Waals surface area contributed by atoms with Crippen molar-refractivity contribution in [1.29, 1.82) is 5.26 Å². The molecule has 0 bridgehead atoms. The number of benzene rings is 2. The fraction of sp³-hybridized carbons (Fsp3) is 0.394. The lowest BCUT2D eigenvalue weighted by atomic mass is 9.75. The normalized spacial score (nSPS) is 25.1. The van der Waals surface area contributed by atoms with Gasteiger partial charge in [-0.3, -0.25) is 19.7 Å². The van der Waals surface area contributed by atoms with Crippen LogP contribution in [0.2, 0.25) is 0 Å². The van der Waals surface area contributed by atoms with E-state index in [1.54, 1.807) is 37.3 Å². The number of hydrogen-bond acceptors (Lipinski definition) is 7. The molecule has 3 fully saturated rings. The first-order chi connectivity index (χ1) is 21.6. The molecule has 1 N–H and O–H groups in total. The number of likely N-dealkylation sites (tertiary alicyclic amines) is 1. The largest absolute Gasteiger partial charge is 0.493 e. The van der Waals surface area contributed by atoms with Crippen LogP contribution < -0.4 is 10.2 Å². The number of hydrogen-bond donors (Lipinski definition) is 1. The number of piperidine rings is 2. The molecule has 3 heterocycles. The first-order valence-corrected chi connectivity index (χ1v) is 15.7. The van der Waals surface area contributed by atoms with Gasteiger partial charge in [0.1, 0.15) is 24.2 Å². The van der Waals surface area contributed by atoms with E-state index in [0.29, 0.717) is 37.4 Å². The number of nitrogens with one attached hydrogen (secondary N) is 1. The van der Waals surface area contributed by atoms with Crippen molar-refractivity contribution in [3.8, 4) is 6.07 Å². The Morgan fingerprint density at radius 1 is 1.09 bits per heavy atom. The number of fused-ring (bicyclic) bond motifs is 1. The Labute approximate surface area is 262 Å². The number of nitriles is 1. The number of anilines is 1. The average Bonchev–Trinajstić information content (AvgIpc) is 3.30. The molecule has 3 saturated heterocycles. The standard InChI is InChI=1S/C33H31F3N4O4S/c1-33-12-2-3-26(22(33)17-40(32(33)43)25-7-9-28(41)38-31(25)42)44-18-20-5-8-27(30(36)29(20)35)45-21-10-13-39(14-11-21)24-6-4-19(16-37)15-23(24)34/h2-6,8,12,15,21-22,25H,7,9-11,13-14,17-18H2,1H3,(H,38,41,42)/t22?,25-,33?/m1/s1. The van der Waals surface area contributed by atoms with Gasteiger partial charge in [0.25, 0.3) is 0 Å². The van der Waals surface area contributed by atoms with Crippen LogP contribution in [0.1, 0.15) is 43.7 Å². The maximum Gasteiger partial charge on any atom is 0.249 e. The summed E-state index contributed by atoms with van der Waals surface area (Å²) in [5, 5.41) is 11.3.